The fourth-order valence-electron chi connectivity index (χ4n) is 1.66. The standard InChI is InChI=1S/C11H12N2O2S/c1-2-11(8-4-3-5-12-6-8)13-9(7-16-11)10(14)15/h3-7,13H,2H2,1H3,(H,14,15). The van der Waals surface area contributed by atoms with Crippen LogP contribution in [0.5, 0.6) is 0 Å². The molecule has 0 saturated heterocycles. The first-order chi connectivity index (χ1) is 7.68. The van der Waals surface area contributed by atoms with Gasteiger partial charge >= 0.3 is 5.97 Å². The Morgan fingerprint density at radius 2 is 2.50 bits per heavy atom. The zero-order chi connectivity index (χ0) is 11.6. The fraction of sp³-hybridized carbons (Fsp3) is 0.273. The molecule has 5 heteroatoms. The van der Waals surface area contributed by atoms with Crippen LogP contribution in [0.4, 0.5) is 0 Å². The third-order valence-electron chi connectivity index (χ3n) is 2.57. The zero-order valence-electron chi connectivity index (χ0n) is 8.80. The van der Waals surface area contributed by atoms with Crippen LogP contribution in [0.25, 0.3) is 0 Å². The number of nitrogens with zero attached hydrogens (tertiary/aromatic N) is 1. The second kappa shape index (κ2) is 4.17. The van der Waals surface area contributed by atoms with E-state index < -0.39 is 5.97 Å². The van der Waals surface area contributed by atoms with Crippen molar-refractivity contribution in [2.24, 2.45) is 0 Å². The minimum atomic E-state index is -0.924. The summed E-state index contributed by atoms with van der Waals surface area (Å²) in [5.41, 5.74) is 1.24. The molecule has 1 aliphatic heterocycles. The predicted molar refractivity (Wildman–Crippen MR) is 62.7 cm³/mol. The molecule has 0 amide bonds. The van der Waals surface area contributed by atoms with Crippen molar-refractivity contribution in [3.63, 3.8) is 0 Å². The lowest BCUT2D eigenvalue weighted by molar-refractivity contribution is -0.133. The largest absolute Gasteiger partial charge is 0.477 e. The number of aromatic nitrogens is 1. The highest BCUT2D eigenvalue weighted by Gasteiger charge is 2.37. The van der Waals surface area contributed by atoms with Gasteiger partial charge in [-0.05, 0) is 12.5 Å². The summed E-state index contributed by atoms with van der Waals surface area (Å²) in [6.45, 7) is 2.02. The van der Waals surface area contributed by atoms with E-state index in [-0.39, 0.29) is 10.6 Å². The Morgan fingerprint density at radius 3 is 3.00 bits per heavy atom. The topological polar surface area (TPSA) is 62.2 Å². The Hall–Kier alpha value is -1.49. The van der Waals surface area contributed by atoms with Crippen LogP contribution in [0.2, 0.25) is 0 Å². The van der Waals surface area contributed by atoms with Gasteiger partial charge in [-0.2, -0.15) is 0 Å². The summed E-state index contributed by atoms with van der Waals surface area (Å²) in [7, 11) is 0. The van der Waals surface area contributed by atoms with Gasteiger partial charge in [0.2, 0.25) is 0 Å². The Morgan fingerprint density at radius 1 is 1.69 bits per heavy atom. The van der Waals surface area contributed by atoms with E-state index in [4.69, 9.17) is 5.11 Å². The molecule has 84 valence electrons. The van der Waals surface area contributed by atoms with Crippen molar-refractivity contribution in [2.45, 2.75) is 18.2 Å². The normalized spacial score (nSPS) is 23.7. The minimum absolute atomic E-state index is 0.246. The second-order valence-electron chi connectivity index (χ2n) is 3.50. The van der Waals surface area contributed by atoms with Crippen LogP contribution in [0.3, 0.4) is 0 Å². The van der Waals surface area contributed by atoms with E-state index in [2.05, 4.69) is 10.3 Å². The van der Waals surface area contributed by atoms with E-state index in [1.54, 1.807) is 17.8 Å². The van der Waals surface area contributed by atoms with Gasteiger partial charge in [-0.25, -0.2) is 4.79 Å². The average Bonchev–Trinajstić information content (AvgIpc) is 2.76. The minimum Gasteiger partial charge on any atom is -0.477 e. The highest BCUT2D eigenvalue weighted by atomic mass is 32.2. The van der Waals surface area contributed by atoms with Crippen LogP contribution in [-0.4, -0.2) is 16.1 Å². The number of carboxylic acid groups (broad SMARTS) is 1. The molecule has 4 nitrogen and oxygen atoms in total. The van der Waals surface area contributed by atoms with Crippen molar-refractivity contribution in [2.75, 3.05) is 0 Å². The zero-order valence-corrected chi connectivity index (χ0v) is 9.62. The van der Waals surface area contributed by atoms with Crippen molar-refractivity contribution >= 4 is 17.7 Å². The average molecular weight is 236 g/mol. The monoisotopic (exact) mass is 236 g/mol. The maximum Gasteiger partial charge on any atom is 0.352 e. The lowest BCUT2D eigenvalue weighted by atomic mass is 10.1. The van der Waals surface area contributed by atoms with Crippen LogP contribution in [0.1, 0.15) is 18.9 Å². The van der Waals surface area contributed by atoms with Crippen molar-refractivity contribution in [1.29, 1.82) is 0 Å². The van der Waals surface area contributed by atoms with Gasteiger partial charge in [0.15, 0.2) is 0 Å². The summed E-state index contributed by atoms with van der Waals surface area (Å²) < 4.78 is 0. The smallest absolute Gasteiger partial charge is 0.352 e. The van der Waals surface area contributed by atoms with Crippen LogP contribution < -0.4 is 5.32 Å². The Balaban J connectivity index is 2.29. The number of aliphatic carboxylic acids is 1. The molecule has 2 N–H and O–H groups in total. The molecular weight excluding hydrogens is 224 g/mol. The van der Waals surface area contributed by atoms with Gasteiger partial charge in [-0.15, -0.1) is 0 Å². The SMILES string of the molecule is CCC1(c2cccnc2)NC(C(=O)O)=CS1. The molecule has 1 unspecified atom stereocenters. The highest BCUT2D eigenvalue weighted by molar-refractivity contribution is 8.03. The summed E-state index contributed by atoms with van der Waals surface area (Å²) >= 11 is 1.49. The lowest BCUT2D eigenvalue weighted by Gasteiger charge is -2.28. The molecule has 2 heterocycles. The number of thioether (sulfide) groups is 1. The highest BCUT2D eigenvalue weighted by Crippen LogP contribution is 2.42. The summed E-state index contributed by atoms with van der Waals surface area (Å²) in [6, 6.07) is 3.81. The van der Waals surface area contributed by atoms with Crippen LogP contribution in [0, 0.1) is 0 Å². The predicted octanol–water partition coefficient (Wildman–Crippen LogP) is 1.91. The van der Waals surface area contributed by atoms with Gasteiger partial charge in [0.05, 0.1) is 0 Å². The first-order valence-corrected chi connectivity index (χ1v) is 5.86. The second-order valence-corrected chi connectivity index (χ2v) is 4.67. The lowest BCUT2D eigenvalue weighted by Crippen LogP contribution is -2.36. The number of carboxylic acids is 1. The Kier molecular flexibility index (Phi) is 2.87. The van der Waals surface area contributed by atoms with Crippen molar-refractivity contribution in [1.82, 2.24) is 10.3 Å². The molecule has 1 aromatic heterocycles. The molecule has 0 aliphatic carbocycles. The van der Waals surface area contributed by atoms with Crippen molar-refractivity contribution in [3.8, 4) is 0 Å². The van der Waals surface area contributed by atoms with E-state index in [1.165, 1.54) is 11.8 Å². The molecule has 1 atom stereocenters. The molecule has 0 aromatic carbocycles. The van der Waals surface area contributed by atoms with Crippen molar-refractivity contribution in [3.05, 3.63) is 41.2 Å². The van der Waals surface area contributed by atoms with Gasteiger partial charge in [-0.3, -0.25) is 4.98 Å². The summed E-state index contributed by atoms with van der Waals surface area (Å²) in [5.74, 6) is -0.924. The van der Waals surface area contributed by atoms with Crippen LogP contribution in [-0.2, 0) is 9.67 Å². The number of hydrogen-bond acceptors (Lipinski definition) is 4. The summed E-state index contributed by atoms with van der Waals surface area (Å²) in [5, 5.41) is 13.6. The maximum absolute atomic E-state index is 10.9. The number of hydrogen-bond donors (Lipinski definition) is 2. The van der Waals surface area contributed by atoms with Crippen LogP contribution >= 0.6 is 11.8 Å². The van der Waals surface area contributed by atoms with Gasteiger partial charge in [-0.1, -0.05) is 24.8 Å². The first-order valence-electron chi connectivity index (χ1n) is 4.98. The summed E-state index contributed by atoms with van der Waals surface area (Å²) in [4.78, 5) is 14.6. The molecule has 0 fully saturated rings. The van der Waals surface area contributed by atoms with Gasteiger partial charge in [0.1, 0.15) is 10.6 Å². The third-order valence-corrected chi connectivity index (χ3v) is 3.95. The van der Waals surface area contributed by atoms with E-state index in [0.717, 1.165) is 12.0 Å². The van der Waals surface area contributed by atoms with E-state index >= 15 is 0 Å². The quantitative estimate of drug-likeness (QED) is 0.839. The third kappa shape index (κ3) is 1.78. The molecular formula is C11H12N2O2S. The van der Waals surface area contributed by atoms with E-state index in [0.29, 0.717) is 0 Å². The first kappa shape index (κ1) is 11.0. The number of carbonyl (C=O) groups is 1. The Bertz CT molecular complexity index is 433. The summed E-state index contributed by atoms with van der Waals surface area (Å²) in [6.07, 6.45) is 4.26. The van der Waals surface area contributed by atoms with Crippen LogP contribution in [0.15, 0.2) is 35.6 Å². The molecule has 0 bridgehead atoms. The van der Waals surface area contributed by atoms with E-state index in [1.807, 2.05) is 19.1 Å². The van der Waals surface area contributed by atoms with Gasteiger partial charge in [0, 0.05) is 23.4 Å². The molecule has 1 aliphatic rings. The Labute approximate surface area is 97.8 Å². The van der Waals surface area contributed by atoms with Gasteiger partial charge < -0.3 is 10.4 Å². The number of pyridine rings is 1. The molecule has 1 aromatic rings. The number of rotatable bonds is 3. The molecule has 0 spiro atoms. The molecule has 0 radical (unpaired) electrons. The molecule has 16 heavy (non-hydrogen) atoms. The molecule has 2 rings (SSSR count). The number of nitrogens with one attached hydrogen (secondary N) is 1. The van der Waals surface area contributed by atoms with Crippen molar-refractivity contribution < 1.29 is 9.90 Å². The maximum atomic E-state index is 10.9. The fourth-order valence-corrected chi connectivity index (χ4v) is 2.73. The van der Waals surface area contributed by atoms with Gasteiger partial charge in [0.25, 0.3) is 0 Å². The molecule has 0 saturated carbocycles. The van der Waals surface area contributed by atoms with E-state index in [9.17, 15) is 4.79 Å².